The van der Waals surface area contributed by atoms with Crippen LogP contribution in [-0.4, -0.2) is 17.5 Å². The highest BCUT2D eigenvalue weighted by Crippen LogP contribution is 2.46. The molecule has 0 amide bonds. The van der Waals surface area contributed by atoms with Gasteiger partial charge in [-0.05, 0) is 52.8 Å². The van der Waals surface area contributed by atoms with Gasteiger partial charge in [0.05, 0.1) is 0 Å². The van der Waals surface area contributed by atoms with Crippen LogP contribution in [0.3, 0.4) is 0 Å². The van der Waals surface area contributed by atoms with Crippen molar-refractivity contribution in [3.05, 3.63) is 89.2 Å². The predicted molar refractivity (Wildman–Crippen MR) is 115 cm³/mol. The lowest BCUT2D eigenvalue weighted by molar-refractivity contribution is 0.277. The normalized spacial score (nSPS) is 21.2. The van der Waals surface area contributed by atoms with Crippen molar-refractivity contribution in [3.8, 4) is 0 Å². The van der Waals surface area contributed by atoms with E-state index in [-0.39, 0.29) is 23.9 Å². The molecule has 2 aliphatic rings. The second-order valence-corrected chi connectivity index (χ2v) is 8.53. The van der Waals surface area contributed by atoms with Gasteiger partial charge >= 0.3 is 0 Å². The molecule has 2 heterocycles. The third-order valence-electron chi connectivity index (χ3n) is 5.94. The van der Waals surface area contributed by atoms with Gasteiger partial charge in [-0.2, -0.15) is 0 Å². The quantitative estimate of drug-likeness (QED) is 0.573. The molecular weight excluding hydrogens is 366 g/mol. The number of benzene rings is 2. The number of anilines is 1. The van der Waals surface area contributed by atoms with Crippen LogP contribution in [0, 0.1) is 5.82 Å². The maximum absolute atomic E-state index is 14.8. The second-order valence-electron chi connectivity index (χ2n) is 8.53. The molecule has 0 saturated carbocycles. The first-order valence-corrected chi connectivity index (χ1v) is 10.3. The standard InChI is InChI=1S/C25H28F2N2/c1-16(2)20-7-5-8-21(17(3)4)24(20)29-15-23-22(27)9-6-14-28(23)25(29)18-10-12-19(26)13-11-18/h5-14,16-17,23,25H,15H2,1-4H3. The molecule has 2 aromatic rings. The molecule has 0 aromatic heterocycles. The Kier molecular flexibility index (Phi) is 5.20. The van der Waals surface area contributed by atoms with Crippen LogP contribution in [0.2, 0.25) is 0 Å². The van der Waals surface area contributed by atoms with E-state index in [1.165, 1.54) is 28.9 Å². The Hall–Kier alpha value is -2.62. The smallest absolute Gasteiger partial charge is 0.128 e. The van der Waals surface area contributed by atoms with Gasteiger partial charge in [0.1, 0.15) is 23.9 Å². The van der Waals surface area contributed by atoms with Crippen LogP contribution in [-0.2, 0) is 0 Å². The highest BCUT2D eigenvalue weighted by Gasteiger charge is 2.43. The molecule has 0 radical (unpaired) electrons. The molecule has 4 heteroatoms. The van der Waals surface area contributed by atoms with E-state index >= 15 is 0 Å². The van der Waals surface area contributed by atoms with Crippen LogP contribution < -0.4 is 4.90 Å². The molecule has 1 saturated heterocycles. The fourth-order valence-corrected chi connectivity index (χ4v) is 4.52. The van der Waals surface area contributed by atoms with Crippen molar-refractivity contribution in [1.82, 2.24) is 4.90 Å². The average molecular weight is 395 g/mol. The molecule has 29 heavy (non-hydrogen) atoms. The van der Waals surface area contributed by atoms with Crippen molar-refractivity contribution >= 4 is 5.69 Å². The van der Waals surface area contributed by atoms with Crippen LogP contribution in [0.5, 0.6) is 0 Å². The number of halogens is 2. The van der Waals surface area contributed by atoms with Gasteiger partial charge < -0.3 is 9.80 Å². The lowest BCUT2D eigenvalue weighted by Gasteiger charge is -2.36. The average Bonchev–Trinajstić information content (AvgIpc) is 3.08. The van der Waals surface area contributed by atoms with E-state index in [0.29, 0.717) is 18.4 Å². The Labute approximate surface area is 172 Å². The van der Waals surface area contributed by atoms with E-state index < -0.39 is 0 Å². The van der Waals surface area contributed by atoms with Crippen molar-refractivity contribution in [2.24, 2.45) is 0 Å². The molecule has 1 fully saturated rings. The summed E-state index contributed by atoms with van der Waals surface area (Å²) in [5, 5.41) is 0. The first-order valence-electron chi connectivity index (χ1n) is 10.3. The number of nitrogens with zero attached hydrogens (tertiary/aromatic N) is 2. The third-order valence-corrected chi connectivity index (χ3v) is 5.94. The van der Waals surface area contributed by atoms with E-state index in [9.17, 15) is 8.78 Å². The molecule has 0 spiro atoms. The van der Waals surface area contributed by atoms with Gasteiger partial charge in [-0.25, -0.2) is 8.78 Å². The SMILES string of the molecule is CC(C)c1cccc(C(C)C)c1N1CC2C(F)=CC=CN2C1c1ccc(F)cc1. The van der Waals surface area contributed by atoms with Crippen molar-refractivity contribution in [1.29, 1.82) is 0 Å². The number of para-hydroxylation sites is 1. The summed E-state index contributed by atoms with van der Waals surface area (Å²) in [6.45, 7) is 9.33. The molecule has 2 aromatic carbocycles. The summed E-state index contributed by atoms with van der Waals surface area (Å²) < 4.78 is 28.4. The summed E-state index contributed by atoms with van der Waals surface area (Å²) in [7, 11) is 0. The van der Waals surface area contributed by atoms with Crippen LogP contribution in [0.25, 0.3) is 0 Å². The predicted octanol–water partition coefficient (Wildman–Crippen LogP) is 6.64. The van der Waals surface area contributed by atoms with Gasteiger partial charge in [-0.1, -0.05) is 58.0 Å². The largest absolute Gasteiger partial charge is 0.344 e. The summed E-state index contributed by atoms with van der Waals surface area (Å²) in [5.41, 5.74) is 4.66. The lowest BCUT2D eigenvalue weighted by Crippen LogP contribution is -2.31. The van der Waals surface area contributed by atoms with E-state index in [1.54, 1.807) is 12.2 Å². The summed E-state index contributed by atoms with van der Waals surface area (Å²) in [6.07, 6.45) is 5.07. The third kappa shape index (κ3) is 3.45. The Balaban J connectivity index is 1.91. The zero-order chi connectivity index (χ0) is 20.7. The lowest BCUT2D eigenvalue weighted by atomic mass is 9.91. The fraction of sp³-hybridized carbons (Fsp3) is 0.360. The van der Waals surface area contributed by atoms with Gasteiger partial charge in [0.2, 0.25) is 0 Å². The number of fused-ring (bicyclic) bond motifs is 1. The Morgan fingerprint density at radius 2 is 1.52 bits per heavy atom. The molecular formula is C25H28F2N2. The van der Waals surface area contributed by atoms with Crippen LogP contribution >= 0.6 is 0 Å². The Morgan fingerprint density at radius 3 is 2.10 bits per heavy atom. The van der Waals surface area contributed by atoms with Crippen LogP contribution in [0.1, 0.15) is 62.4 Å². The first-order chi connectivity index (χ1) is 13.9. The minimum absolute atomic E-state index is 0.129. The summed E-state index contributed by atoms with van der Waals surface area (Å²) in [4.78, 5) is 4.37. The van der Waals surface area contributed by atoms with Crippen molar-refractivity contribution in [2.45, 2.75) is 51.7 Å². The Morgan fingerprint density at radius 1 is 0.897 bits per heavy atom. The monoisotopic (exact) mass is 394 g/mol. The molecule has 0 bridgehead atoms. The zero-order valence-electron chi connectivity index (χ0n) is 17.4. The van der Waals surface area contributed by atoms with Crippen molar-refractivity contribution in [3.63, 3.8) is 0 Å². The maximum atomic E-state index is 14.8. The molecule has 0 aliphatic carbocycles. The fourth-order valence-electron chi connectivity index (χ4n) is 4.52. The van der Waals surface area contributed by atoms with Gasteiger partial charge in [-0.15, -0.1) is 0 Å². The molecule has 4 rings (SSSR count). The van der Waals surface area contributed by atoms with Crippen LogP contribution in [0.4, 0.5) is 14.5 Å². The summed E-state index contributed by atoms with van der Waals surface area (Å²) in [6, 6.07) is 12.7. The molecule has 2 aliphatic heterocycles. The highest BCUT2D eigenvalue weighted by atomic mass is 19.1. The van der Waals surface area contributed by atoms with Gasteiger partial charge in [0.15, 0.2) is 0 Å². The number of allylic oxidation sites excluding steroid dienone is 2. The molecule has 2 nitrogen and oxygen atoms in total. The van der Waals surface area contributed by atoms with Crippen LogP contribution in [0.15, 0.2) is 66.6 Å². The summed E-state index contributed by atoms with van der Waals surface area (Å²) >= 11 is 0. The maximum Gasteiger partial charge on any atom is 0.128 e. The number of hydrogen-bond acceptors (Lipinski definition) is 2. The minimum atomic E-state index is -0.338. The molecule has 2 unspecified atom stereocenters. The van der Waals surface area contributed by atoms with Crippen molar-refractivity contribution < 1.29 is 8.78 Å². The zero-order valence-corrected chi connectivity index (χ0v) is 17.4. The highest BCUT2D eigenvalue weighted by molar-refractivity contribution is 5.64. The minimum Gasteiger partial charge on any atom is -0.344 e. The van der Waals surface area contributed by atoms with E-state index in [1.807, 2.05) is 18.3 Å². The molecule has 2 atom stereocenters. The van der Waals surface area contributed by atoms with E-state index in [0.717, 1.165) is 5.56 Å². The summed E-state index contributed by atoms with van der Waals surface area (Å²) in [5.74, 6) is 0.285. The second kappa shape index (κ2) is 7.66. The van der Waals surface area contributed by atoms with E-state index in [4.69, 9.17) is 0 Å². The Bertz CT molecular complexity index is 918. The van der Waals surface area contributed by atoms with Gasteiger partial charge in [0, 0.05) is 18.4 Å². The van der Waals surface area contributed by atoms with Gasteiger partial charge in [0.25, 0.3) is 0 Å². The number of rotatable bonds is 4. The first kappa shape index (κ1) is 19.7. The molecule has 152 valence electrons. The van der Waals surface area contributed by atoms with Gasteiger partial charge in [-0.3, -0.25) is 0 Å². The van der Waals surface area contributed by atoms with Crippen molar-refractivity contribution in [2.75, 3.05) is 11.4 Å². The molecule has 0 N–H and O–H groups in total. The number of hydrogen-bond donors (Lipinski definition) is 0. The van der Waals surface area contributed by atoms with E-state index in [2.05, 4.69) is 55.7 Å². The topological polar surface area (TPSA) is 6.48 Å².